The third kappa shape index (κ3) is 15.8. The van der Waals surface area contributed by atoms with Crippen LogP contribution in [0.3, 0.4) is 0 Å². The Morgan fingerprint density at radius 3 is 1.00 bits per heavy atom. The van der Waals surface area contributed by atoms with Crippen molar-refractivity contribution >= 4 is 67.5 Å². The molecule has 89 heavy (non-hydrogen) atoms. The number of nitrogens with zero attached hydrogens (tertiary/aromatic N) is 8. The van der Waals surface area contributed by atoms with Gasteiger partial charge in [0.15, 0.2) is 0 Å². The summed E-state index contributed by atoms with van der Waals surface area (Å²) < 4.78 is 28.0. The first-order valence-corrected chi connectivity index (χ1v) is 30.0. The van der Waals surface area contributed by atoms with E-state index in [1.165, 1.54) is 0 Å². The molecular weight excluding hydrogens is 1120 g/mol. The Balaban J connectivity index is 0.000000131. The van der Waals surface area contributed by atoms with E-state index in [0.717, 1.165) is 108 Å². The molecular formula is C73H72N8O8. The van der Waals surface area contributed by atoms with Gasteiger partial charge in [-0.2, -0.15) is 20.4 Å². The molecule has 0 amide bonds. The Morgan fingerprint density at radius 2 is 0.708 bits per heavy atom. The van der Waals surface area contributed by atoms with Crippen LogP contribution in [0.25, 0.3) is 88.6 Å². The zero-order valence-electron chi connectivity index (χ0n) is 50.9. The topological polar surface area (TPSA) is 176 Å². The van der Waals surface area contributed by atoms with Crippen LogP contribution in [0.1, 0.15) is 60.8 Å². The molecule has 8 aromatic carbocycles. The Labute approximate surface area is 517 Å². The zero-order valence-corrected chi connectivity index (χ0v) is 50.9. The van der Waals surface area contributed by atoms with E-state index in [0.29, 0.717) is 6.61 Å². The largest absolute Gasteiger partial charge is 0.465 e. The van der Waals surface area contributed by atoms with Crippen LogP contribution in [0.4, 0.5) is 0 Å². The maximum Gasteiger partial charge on any atom is 0.328 e. The lowest BCUT2D eigenvalue weighted by Gasteiger charge is -2.25. The first kappa shape index (κ1) is 61.6. The zero-order chi connectivity index (χ0) is 62.3. The Morgan fingerprint density at radius 1 is 0.416 bits per heavy atom. The predicted octanol–water partition coefficient (Wildman–Crippen LogP) is 14.8. The number of carbonyl (C=O) groups excluding carboxylic acids is 4. The fourth-order valence-electron chi connectivity index (χ4n) is 10.3. The highest BCUT2D eigenvalue weighted by molar-refractivity contribution is 5.97. The number of para-hydroxylation sites is 4. The van der Waals surface area contributed by atoms with E-state index >= 15 is 0 Å². The standard InChI is InChI=1S/C19H18N2O2.C19H20N2O2.C18H18N2O2.C17H16N2O2/c22-18(23-15-9-6-10-15)13-21-17-12-5-4-11-16(17)19(20-21)14-7-2-1-3-8-14;1-19(2,3)23-17(22)13-21-16-12-8-7-11-15(16)18(20-21)14-9-5-4-6-10-14;1-13(2)22-17(21)12-20-16-11-7-6-10-15(16)18(19-20)14-8-4-3-5-9-14;1-2-21-16(20)12-19-15-11-7-6-10-14(15)17(18-19)13-8-4-3-5-9-13/h1-5,7-8,11-12,15H,6,9-10,13H2;4-12H,13H2,1-3H3;3-11,13H,12H2,1-2H3;3-11H,2,12H2,1H3. The van der Waals surface area contributed by atoms with Crippen LogP contribution in [0, 0.1) is 0 Å². The highest BCUT2D eigenvalue weighted by atomic mass is 16.6. The van der Waals surface area contributed by atoms with Crippen molar-refractivity contribution in [2.75, 3.05) is 6.61 Å². The van der Waals surface area contributed by atoms with Gasteiger partial charge in [-0.15, -0.1) is 0 Å². The summed E-state index contributed by atoms with van der Waals surface area (Å²) in [5.74, 6) is -1.04. The molecule has 1 aliphatic rings. The molecule has 16 heteroatoms. The molecule has 0 atom stereocenters. The summed E-state index contributed by atoms with van der Waals surface area (Å²) >= 11 is 0. The SMILES string of the molecule is CC(C)(C)OC(=O)Cn1nc(-c2ccccc2)c2ccccc21.CC(C)OC(=O)Cn1nc(-c2ccccc2)c2ccccc21.CCOC(=O)Cn1nc(-c2ccccc2)c2ccccc21.O=C(Cn1nc(-c2ccccc2)c2ccccc21)OC1CCC1. The van der Waals surface area contributed by atoms with Crippen LogP contribution in [0.2, 0.25) is 0 Å². The number of carbonyl (C=O) groups is 4. The van der Waals surface area contributed by atoms with Crippen molar-refractivity contribution in [2.45, 2.75) is 105 Å². The van der Waals surface area contributed by atoms with Crippen LogP contribution in [0.5, 0.6) is 0 Å². The molecule has 0 unspecified atom stereocenters. The lowest BCUT2D eigenvalue weighted by Crippen LogP contribution is -2.27. The Hall–Kier alpha value is -10.5. The lowest BCUT2D eigenvalue weighted by atomic mass is 9.96. The third-order valence-electron chi connectivity index (χ3n) is 14.4. The van der Waals surface area contributed by atoms with E-state index < -0.39 is 5.60 Å². The number of esters is 4. The second kappa shape index (κ2) is 28.8. The number of hydrogen-bond donors (Lipinski definition) is 0. The fraction of sp³-hybridized carbons (Fsp3) is 0.233. The average Bonchev–Trinajstić information content (AvgIpc) is 1.82. The van der Waals surface area contributed by atoms with Crippen molar-refractivity contribution in [3.8, 4) is 45.0 Å². The fourth-order valence-corrected chi connectivity index (χ4v) is 10.3. The molecule has 452 valence electrons. The van der Waals surface area contributed by atoms with Gasteiger partial charge >= 0.3 is 23.9 Å². The first-order valence-electron chi connectivity index (χ1n) is 30.0. The van der Waals surface area contributed by atoms with Gasteiger partial charge in [-0.3, -0.25) is 37.9 Å². The number of hydrogen-bond acceptors (Lipinski definition) is 12. The highest BCUT2D eigenvalue weighted by Gasteiger charge is 2.24. The second-order valence-electron chi connectivity index (χ2n) is 22.5. The Kier molecular flexibility index (Phi) is 19.9. The molecule has 0 spiro atoms. The van der Waals surface area contributed by atoms with Gasteiger partial charge in [0.05, 0.1) is 34.8 Å². The summed E-state index contributed by atoms with van der Waals surface area (Å²) in [5.41, 5.74) is 11.0. The summed E-state index contributed by atoms with van der Waals surface area (Å²) in [6, 6.07) is 71.7. The van der Waals surface area contributed by atoms with Gasteiger partial charge in [0.25, 0.3) is 0 Å². The summed E-state index contributed by atoms with van der Waals surface area (Å²) in [6.45, 7) is 12.0. The summed E-state index contributed by atoms with van der Waals surface area (Å²) in [7, 11) is 0. The molecule has 12 aromatic rings. The van der Waals surface area contributed by atoms with Gasteiger partial charge in [-0.1, -0.05) is 194 Å². The van der Waals surface area contributed by atoms with Gasteiger partial charge < -0.3 is 18.9 Å². The van der Waals surface area contributed by atoms with Crippen LogP contribution >= 0.6 is 0 Å². The van der Waals surface area contributed by atoms with Crippen LogP contribution < -0.4 is 0 Å². The van der Waals surface area contributed by atoms with E-state index in [1.807, 2.05) is 253 Å². The maximum absolute atomic E-state index is 12.1. The molecule has 1 fully saturated rings. The van der Waals surface area contributed by atoms with Crippen molar-refractivity contribution < 1.29 is 38.1 Å². The summed E-state index contributed by atoms with van der Waals surface area (Å²) in [6.07, 6.45) is 3.11. The van der Waals surface area contributed by atoms with Gasteiger partial charge in [0.1, 0.15) is 60.7 Å². The van der Waals surface area contributed by atoms with Crippen molar-refractivity contribution in [3.05, 3.63) is 218 Å². The Bertz CT molecular complexity index is 4330. The number of ether oxygens (including phenoxy) is 4. The molecule has 16 nitrogen and oxygen atoms in total. The number of rotatable bonds is 15. The summed E-state index contributed by atoms with van der Waals surface area (Å²) in [4.78, 5) is 47.9. The van der Waals surface area contributed by atoms with E-state index in [1.54, 1.807) is 25.7 Å². The third-order valence-corrected chi connectivity index (χ3v) is 14.4. The highest BCUT2D eigenvalue weighted by Crippen LogP contribution is 2.32. The molecule has 4 aromatic heterocycles. The minimum atomic E-state index is -0.498. The predicted molar refractivity (Wildman–Crippen MR) is 348 cm³/mol. The van der Waals surface area contributed by atoms with E-state index in [4.69, 9.17) is 18.9 Å². The molecule has 0 aliphatic heterocycles. The van der Waals surface area contributed by atoms with Crippen LogP contribution in [-0.2, 0) is 64.3 Å². The van der Waals surface area contributed by atoms with E-state index in [9.17, 15) is 19.2 Å². The summed E-state index contributed by atoms with van der Waals surface area (Å²) in [5, 5.41) is 22.7. The molecule has 13 rings (SSSR count). The van der Waals surface area contributed by atoms with Gasteiger partial charge in [-0.25, -0.2) is 0 Å². The molecule has 0 N–H and O–H groups in total. The molecule has 0 radical (unpaired) electrons. The first-order chi connectivity index (χ1) is 43.2. The monoisotopic (exact) mass is 1190 g/mol. The van der Waals surface area contributed by atoms with Crippen LogP contribution in [-0.4, -0.2) is 87.4 Å². The molecule has 0 bridgehead atoms. The number of benzene rings is 8. The minimum absolute atomic E-state index is 0.102. The molecule has 1 aliphatic carbocycles. The normalized spacial score (nSPS) is 12.0. The maximum atomic E-state index is 12.1. The quantitative estimate of drug-likeness (QED) is 0.0702. The number of aromatic nitrogens is 8. The molecule has 1 saturated carbocycles. The second-order valence-corrected chi connectivity index (χ2v) is 22.5. The number of fused-ring (bicyclic) bond motifs is 4. The minimum Gasteiger partial charge on any atom is -0.465 e. The smallest absolute Gasteiger partial charge is 0.328 e. The van der Waals surface area contributed by atoms with Crippen molar-refractivity contribution in [3.63, 3.8) is 0 Å². The van der Waals surface area contributed by atoms with E-state index in [-0.39, 0.29) is 62.3 Å². The lowest BCUT2D eigenvalue weighted by molar-refractivity contribution is -0.156. The molecule has 4 heterocycles. The average molecular weight is 1190 g/mol. The van der Waals surface area contributed by atoms with Crippen molar-refractivity contribution in [1.82, 2.24) is 39.1 Å². The van der Waals surface area contributed by atoms with Crippen LogP contribution in [0.15, 0.2) is 218 Å². The van der Waals surface area contributed by atoms with Crippen molar-refractivity contribution in [1.29, 1.82) is 0 Å². The van der Waals surface area contributed by atoms with Gasteiger partial charge in [-0.05, 0) is 85.1 Å². The van der Waals surface area contributed by atoms with Gasteiger partial charge in [0, 0.05) is 43.8 Å². The van der Waals surface area contributed by atoms with Gasteiger partial charge in [0.2, 0.25) is 0 Å². The molecule has 0 saturated heterocycles. The van der Waals surface area contributed by atoms with E-state index in [2.05, 4.69) is 20.4 Å². The van der Waals surface area contributed by atoms with Crippen molar-refractivity contribution in [2.24, 2.45) is 0 Å².